The largest absolute Gasteiger partial charge is 0.495 e. The third-order valence-corrected chi connectivity index (χ3v) is 8.98. The maximum Gasteiger partial charge on any atom is 0.410 e. The number of fused-ring (bicyclic) bond motifs is 1. The molecule has 1 saturated carbocycles. The number of ether oxygens (including phenoxy) is 3. The summed E-state index contributed by atoms with van der Waals surface area (Å²) < 4.78 is 32.2. The van der Waals surface area contributed by atoms with Crippen LogP contribution in [-0.2, 0) is 14.3 Å². The van der Waals surface area contributed by atoms with Crippen LogP contribution in [0.3, 0.4) is 0 Å². The monoisotopic (exact) mass is 640 g/mol. The van der Waals surface area contributed by atoms with E-state index in [4.69, 9.17) is 14.2 Å². The number of alkyl halides is 1. The van der Waals surface area contributed by atoms with Gasteiger partial charge in [-0.2, -0.15) is 4.98 Å². The van der Waals surface area contributed by atoms with Crippen LogP contribution >= 0.6 is 0 Å². The molecule has 3 aliphatic rings. The minimum atomic E-state index is -2.10. The van der Waals surface area contributed by atoms with Crippen molar-refractivity contribution < 1.29 is 33.0 Å². The van der Waals surface area contributed by atoms with Gasteiger partial charge in [-0.1, -0.05) is 0 Å². The summed E-state index contributed by atoms with van der Waals surface area (Å²) in [5.74, 6) is -0.0637. The lowest BCUT2D eigenvalue weighted by Crippen LogP contribution is -2.52. The highest BCUT2D eigenvalue weighted by atomic mass is 19.1. The normalized spacial score (nSPS) is 21.4. The Balaban J connectivity index is 1.22. The summed E-state index contributed by atoms with van der Waals surface area (Å²) >= 11 is 0. The number of hydrogen-bond acceptors (Lipinski definition) is 10. The number of rotatable bonds is 6. The molecule has 5 rings (SSSR count). The summed E-state index contributed by atoms with van der Waals surface area (Å²) in [7, 11) is 3.01. The molecule has 1 aliphatic carbocycles. The van der Waals surface area contributed by atoms with Crippen LogP contribution in [-0.4, -0.2) is 90.0 Å². The average Bonchev–Trinajstić information content (AvgIpc) is 3.04. The van der Waals surface area contributed by atoms with Crippen molar-refractivity contribution in [3.8, 4) is 5.75 Å². The van der Waals surface area contributed by atoms with Gasteiger partial charge in [-0.15, -0.1) is 0 Å². The number of benzene rings is 1. The molecule has 1 aromatic heterocycles. The standard InChI is InChI=1S/C33H45FN6O6/c1-20(2)40-19-32(6,34)28(42)38(7)24-18-35-29(37-26(24)40)36-23-10-9-21(15-25(23)44-8)27(41)45-22-16-33(17-22)11-13-39(14-12-33)30(43)46-31(3,4)5/h9-10,15,18,20,22H,11-14,16-17,19H2,1-8H3,(H,35,36,37). The Kier molecular flexibility index (Phi) is 8.82. The molecule has 3 heterocycles. The van der Waals surface area contributed by atoms with Crippen LogP contribution in [0.2, 0.25) is 0 Å². The number of amides is 2. The highest BCUT2D eigenvalue weighted by molar-refractivity contribution is 6.02. The quantitative estimate of drug-likeness (QED) is 0.406. The molecule has 1 saturated heterocycles. The van der Waals surface area contributed by atoms with Gasteiger partial charge >= 0.3 is 12.1 Å². The lowest BCUT2D eigenvalue weighted by molar-refractivity contribution is -0.128. The predicted molar refractivity (Wildman–Crippen MR) is 172 cm³/mol. The van der Waals surface area contributed by atoms with Crippen LogP contribution in [0.4, 0.5) is 32.3 Å². The number of aromatic nitrogens is 2. The van der Waals surface area contributed by atoms with E-state index in [0.717, 1.165) is 25.7 Å². The number of hydrogen-bond donors (Lipinski definition) is 1. The van der Waals surface area contributed by atoms with Gasteiger partial charge in [-0.25, -0.2) is 19.0 Å². The number of esters is 1. The van der Waals surface area contributed by atoms with Gasteiger partial charge in [0.2, 0.25) is 11.6 Å². The molecule has 2 aliphatic heterocycles. The van der Waals surface area contributed by atoms with Crippen molar-refractivity contribution in [2.75, 3.05) is 48.9 Å². The van der Waals surface area contributed by atoms with Gasteiger partial charge < -0.3 is 34.2 Å². The van der Waals surface area contributed by atoms with Crippen LogP contribution in [0, 0.1) is 5.41 Å². The number of methoxy groups -OCH3 is 1. The first-order valence-electron chi connectivity index (χ1n) is 15.8. The van der Waals surface area contributed by atoms with Gasteiger partial charge in [-0.3, -0.25) is 4.79 Å². The Morgan fingerprint density at radius 2 is 1.83 bits per heavy atom. The van der Waals surface area contributed by atoms with E-state index >= 15 is 4.39 Å². The first-order valence-corrected chi connectivity index (χ1v) is 15.8. The fourth-order valence-electron chi connectivity index (χ4n) is 6.37. The first kappa shape index (κ1) is 33.2. The molecular weight excluding hydrogens is 595 g/mol. The minimum absolute atomic E-state index is 0.0822. The number of carbonyl (C=O) groups is 3. The highest BCUT2D eigenvalue weighted by Crippen LogP contribution is 2.50. The SMILES string of the molecule is COc1cc(C(=O)OC2CC3(CCN(C(=O)OC(C)(C)C)CC3)C2)ccc1Nc1ncc2c(n1)N(C(C)C)CC(C)(F)C(=O)N2C. The van der Waals surface area contributed by atoms with Crippen LogP contribution in [0.15, 0.2) is 24.4 Å². The number of likely N-dealkylation sites (tertiary alicyclic amines) is 1. The number of anilines is 4. The fraction of sp³-hybridized carbons (Fsp3) is 0.606. The summed E-state index contributed by atoms with van der Waals surface area (Å²) in [4.78, 5) is 52.0. The third-order valence-electron chi connectivity index (χ3n) is 8.98. The maximum absolute atomic E-state index is 15.3. The summed E-state index contributed by atoms with van der Waals surface area (Å²) in [5, 5.41) is 3.13. The molecule has 13 heteroatoms. The van der Waals surface area contributed by atoms with Gasteiger partial charge in [0.05, 0.1) is 31.1 Å². The van der Waals surface area contributed by atoms with Crippen molar-refractivity contribution in [1.29, 1.82) is 0 Å². The summed E-state index contributed by atoms with van der Waals surface area (Å²) in [6, 6.07) is 4.80. The van der Waals surface area contributed by atoms with E-state index in [1.807, 2.05) is 34.6 Å². The third kappa shape index (κ3) is 6.82. The molecule has 2 amide bonds. The molecule has 1 N–H and O–H groups in total. The lowest BCUT2D eigenvalue weighted by atomic mass is 9.61. The van der Waals surface area contributed by atoms with Crippen molar-refractivity contribution in [2.45, 2.75) is 90.6 Å². The predicted octanol–water partition coefficient (Wildman–Crippen LogP) is 5.48. The van der Waals surface area contributed by atoms with E-state index in [2.05, 4.69) is 15.3 Å². The van der Waals surface area contributed by atoms with E-state index in [9.17, 15) is 14.4 Å². The molecule has 46 heavy (non-hydrogen) atoms. The number of nitrogens with one attached hydrogen (secondary N) is 1. The van der Waals surface area contributed by atoms with Crippen molar-refractivity contribution in [3.63, 3.8) is 0 Å². The molecule has 12 nitrogen and oxygen atoms in total. The van der Waals surface area contributed by atoms with Crippen LogP contribution in [0.1, 0.15) is 77.6 Å². The smallest absolute Gasteiger partial charge is 0.410 e. The highest BCUT2D eigenvalue weighted by Gasteiger charge is 2.48. The molecular formula is C33H45FN6O6. The van der Waals surface area contributed by atoms with Gasteiger partial charge in [0.15, 0.2) is 5.82 Å². The van der Waals surface area contributed by atoms with E-state index in [-0.39, 0.29) is 36.1 Å². The second kappa shape index (κ2) is 12.2. The Bertz CT molecular complexity index is 1490. The lowest BCUT2D eigenvalue weighted by Gasteiger charge is -2.51. The number of piperidine rings is 1. The molecule has 250 valence electrons. The van der Waals surface area contributed by atoms with Crippen LogP contribution < -0.4 is 19.9 Å². The van der Waals surface area contributed by atoms with Crippen molar-refractivity contribution in [2.24, 2.45) is 5.41 Å². The summed E-state index contributed by atoms with van der Waals surface area (Å²) in [6.45, 7) is 11.8. The second-order valence-corrected chi connectivity index (χ2v) is 14.1. The topological polar surface area (TPSA) is 126 Å². The van der Waals surface area contributed by atoms with E-state index in [1.54, 1.807) is 28.0 Å². The number of carbonyl (C=O) groups excluding carboxylic acids is 3. The zero-order valence-corrected chi connectivity index (χ0v) is 28.0. The maximum atomic E-state index is 15.3. The van der Waals surface area contributed by atoms with E-state index in [0.29, 0.717) is 41.6 Å². The molecule has 1 atom stereocenters. The van der Waals surface area contributed by atoms with Gasteiger partial charge in [0.1, 0.15) is 23.1 Å². The minimum Gasteiger partial charge on any atom is -0.495 e. The number of halogens is 1. The molecule has 0 bridgehead atoms. The molecule has 1 spiro atoms. The van der Waals surface area contributed by atoms with Gasteiger partial charge in [0, 0.05) is 26.2 Å². The van der Waals surface area contributed by atoms with E-state index in [1.165, 1.54) is 32.2 Å². The van der Waals surface area contributed by atoms with Crippen molar-refractivity contribution >= 4 is 41.1 Å². The fourth-order valence-corrected chi connectivity index (χ4v) is 6.37. The van der Waals surface area contributed by atoms with Gasteiger partial charge in [-0.05, 0) is 90.8 Å². The van der Waals surface area contributed by atoms with E-state index < -0.39 is 23.1 Å². The Labute approximate surface area is 269 Å². The molecule has 2 fully saturated rings. The van der Waals surface area contributed by atoms with Crippen molar-refractivity contribution in [1.82, 2.24) is 14.9 Å². The zero-order valence-electron chi connectivity index (χ0n) is 28.0. The first-order chi connectivity index (χ1) is 21.5. The molecule has 0 radical (unpaired) electrons. The zero-order chi connectivity index (χ0) is 33.6. The Morgan fingerprint density at radius 1 is 1.15 bits per heavy atom. The Hall–Kier alpha value is -4.16. The number of nitrogens with zero attached hydrogens (tertiary/aromatic N) is 5. The van der Waals surface area contributed by atoms with Crippen molar-refractivity contribution in [3.05, 3.63) is 30.0 Å². The summed E-state index contributed by atoms with van der Waals surface area (Å²) in [6.07, 6.45) is 4.27. The molecule has 1 aromatic carbocycles. The van der Waals surface area contributed by atoms with Crippen LogP contribution in [0.25, 0.3) is 0 Å². The van der Waals surface area contributed by atoms with Crippen LogP contribution in [0.5, 0.6) is 5.75 Å². The molecule has 1 unspecified atom stereocenters. The summed E-state index contributed by atoms with van der Waals surface area (Å²) in [5.41, 5.74) is -1.27. The second-order valence-electron chi connectivity index (χ2n) is 14.1. The van der Waals surface area contributed by atoms with Gasteiger partial charge in [0.25, 0.3) is 5.91 Å². The molecule has 2 aromatic rings. The average molecular weight is 641 g/mol. The Morgan fingerprint density at radius 3 is 2.43 bits per heavy atom.